The fourth-order valence-corrected chi connectivity index (χ4v) is 4.30. The van der Waals surface area contributed by atoms with Gasteiger partial charge in [-0.1, -0.05) is 0 Å². The Kier molecular flexibility index (Phi) is 3.75. The van der Waals surface area contributed by atoms with Crippen LogP contribution < -0.4 is 10.1 Å². The highest BCUT2D eigenvalue weighted by atomic mass is 19.1. The highest BCUT2D eigenvalue weighted by Gasteiger charge is 2.37. The molecule has 0 aliphatic carbocycles. The molecule has 30 heavy (non-hydrogen) atoms. The standard InChI is InChI=1S/C22H21F2N5O/c1-10-9-25-19-13(10)6-12(23)7-14(19)17-16(30-5)8-15-20(18(17)24)29-11(2)27-28-21(29)22(3,4)26-15/h6-9,25-26H,1-5H3. The second-order valence-corrected chi connectivity index (χ2v) is 8.17. The van der Waals surface area contributed by atoms with Gasteiger partial charge in [0.25, 0.3) is 0 Å². The normalized spacial score (nSPS) is 14.4. The molecular formula is C22H21F2N5O. The summed E-state index contributed by atoms with van der Waals surface area (Å²) in [4.78, 5) is 3.14. The summed E-state index contributed by atoms with van der Waals surface area (Å²) in [6.07, 6.45) is 1.78. The van der Waals surface area contributed by atoms with Gasteiger partial charge in [-0.25, -0.2) is 8.78 Å². The average molecular weight is 409 g/mol. The number of aryl methyl sites for hydroxylation is 2. The van der Waals surface area contributed by atoms with Gasteiger partial charge in [0.15, 0.2) is 11.6 Å². The van der Waals surface area contributed by atoms with Crippen molar-refractivity contribution in [1.82, 2.24) is 19.7 Å². The molecule has 0 saturated heterocycles. The van der Waals surface area contributed by atoms with E-state index < -0.39 is 17.2 Å². The van der Waals surface area contributed by atoms with Gasteiger partial charge in [-0.15, -0.1) is 10.2 Å². The number of methoxy groups -OCH3 is 1. The molecule has 2 aromatic carbocycles. The molecule has 2 N–H and O–H groups in total. The minimum Gasteiger partial charge on any atom is -0.496 e. The molecular weight excluding hydrogens is 388 g/mol. The number of anilines is 1. The van der Waals surface area contributed by atoms with E-state index in [4.69, 9.17) is 4.74 Å². The summed E-state index contributed by atoms with van der Waals surface area (Å²) < 4.78 is 38.0. The van der Waals surface area contributed by atoms with Gasteiger partial charge in [-0.05, 0) is 45.4 Å². The predicted octanol–water partition coefficient (Wildman–Crippen LogP) is 4.98. The highest BCUT2D eigenvalue weighted by molar-refractivity contribution is 5.99. The zero-order chi connectivity index (χ0) is 21.4. The summed E-state index contributed by atoms with van der Waals surface area (Å²) in [7, 11) is 1.48. The van der Waals surface area contributed by atoms with E-state index in [1.807, 2.05) is 20.8 Å². The van der Waals surface area contributed by atoms with Crippen LogP contribution in [0.1, 0.15) is 31.1 Å². The largest absolute Gasteiger partial charge is 0.496 e. The van der Waals surface area contributed by atoms with Crippen molar-refractivity contribution in [3.63, 3.8) is 0 Å². The number of aromatic nitrogens is 4. The van der Waals surface area contributed by atoms with Crippen molar-refractivity contribution in [2.75, 3.05) is 12.4 Å². The lowest BCUT2D eigenvalue weighted by Crippen LogP contribution is -2.36. The Bertz CT molecular complexity index is 1340. The lowest BCUT2D eigenvalue weighted by molar-refractivity contribution is 0.412. The topological polar surface area (TPSA) is 67.8 Å². The molecule has 0 bridgehead atoms. The van der Waals surface area contributed by atoms with E-state index in [1.165, 1.54) is 19.2 Å². The van der Waals surface area contributed by atoms with E-state index in [1.54, 1.807) is 23.8 Å². The maximum absolute atomic E-state index is 16.2. The summed E-state index contributed by atoms with van der Waals surface area (Å²) in [6, 6.07) is 4.51. The van der Waals surface area contributed by atoms with Crippen LogP contribution in [0.5, 0.6) is 5.75 Å². The van der Waals surface area contributed by atoms with Crippen LogP contribution in [0.2, 0.25) is 0 Å². The first kappa shape index (κ1) is 18.6. The van der Waals surface area contributed by atoms with Gasteiger partial charge in [0.1, 0.15) is 23.1 Å². The summed E-state index contributed by atoms with van der Waals surface area (Å²) in [5, 5.41) is 12.4. The van der Waals surface area contributed by atoms with Crippen LogP contribution in [-0.2, 0) is 5.54 Å². The predicted molar refractivity (Wildman–Crippen MR) is 111 cm³/mol. The van der Waals surface area contributed by atoms with Crippen LogP contribution in [0, 0.1) is 25.5 Å². The molecule has 0 amide bonds. The van der Waals surface area contributed by atoms with Crippen LogP contribution in [0.3, 0.4) is 0 Å². The molecule has 8 heteroatoms. The van der Waals surface area contributed by atoms with Gasteiger partial charge in [0, 0.05) is 23.2 Å². The Morgan fingerprint density at radius 2 is 1.87 bits per heavy atom. The Balaban J connectivity index is 1.89. The Morgan fingerprint density at radius 1 is 1.10 bits per heavy atom. The molecule has 0 unspecified atom stereocenters. The number of ether oxygens (including phenoxy) is 1. The zero-order valence-corrected chi connectivity index (χ0v) is 17.3. The van der Waals surface area contributed by atoms with Gasteiger partial charge in [0.05, 0.1) is 29.4 Å². The van der Waals surface area contributed by atoms with Crippen molar-refractivity contribution in [1.29, 1.82) is 0 Å². The number of H-pyrrole nitrogens is 1. The number of fused-ring (bicyclic) bond motifs is 4. The van der Waals surface area contributed by atoms with Crippen molar-refractivity contribution in [2.45, 2.75) is 33.2 Å². The minimum absolute atomic E-state index is 0.183. The maximum Gasteiger partial charge on any atom is 0.162 e. The number of nitrogens with zero attached hydrogens (tertiary/aromatic N) is 3. The Morgan fingerprint density at radius 3 is 2.60 bits per heavy atom. The molecule has 154 valence electrons. The zero-order valence-electron chi connectivity index (χ0n) is 17.3. The number of rotatable bonds is 2. The minimum atomic E-state index is -0.560. The third kappa shape index (κ3) is 2.39. The van der Waals surface area contributed by atoms with Gasteiger partial charge < -0.3 is 15.0 Å². The third-order valence-corrected chi connectivity index (χ3v) is 5.71. The molecule has 2 aromatic heterocycles. The van der Waals surface area contributed by atoms with Crippen molar-refractivity contribution >= 4 is 16.6 Å². The summed E-state index contributed by atoms with van der Waals surface area (Å²) in [5.74, 6) is 0.497. The summed E-state index contributed by atoms with van der Waals surface area (Å²) >= 11 is 0. The first-order valence-corrected chi connectivity index (χ1v) is 9.62. The Labute approximate surface area is 171 Å². The van der Waals surface area contributed by atoms with Crippen LogP contribution in [0.15, 0.2) is 24.4 Å². The number of benzene rings is 2. The number of aromatic amines is 1. The fourth-order valence-electron chi connectivity index (χ4n) is 4.30. The summed E-state index contributed by atoms with van der Waals surface area (Å²) in [5.41, 5.74) is 2.40. The monoisotopic (exact) mass is 409 g/mol. The lowest BCUT2D eigenvalue weighted by atomic mass is 9.95. The summed E-state index contributed by atoms with van der Waals surface area (Å²) in [6.45, 7) is 7.55. The Hall–Kier alpha value is -3.42. The molecule has 0 saturated carbocycles. The second kappa shape index (κ2) is 6.04. The number of nitrogens with one attached hydrogen (secondary N) is 2. The lowest BCUT2D eigenvalue weighted by Gasteiger charge is -2.34. The molecule has 4 aromatic rings. The van der Waals surface area contributed by atoms with E-state index in [-0.39, 0.29) is 5.56 Å². The fraction of sp³-hybridized carbons (Fsp3) is 0.273. The van der Waals surface area contributed by atoms with E-state index in [9.17, 15) is 4.39 Å². The van der Waals surface area contributed by atoms with Crippen molar-refractivity contribution in [2.24, 2.45) is 0 Å². The van der Waals surface area contributed by atoms with E-state index >= 15 is 4.39 Å². The molecule has 6 nitrogen and oxygen atoms in total. The van der Waals surface area contributed by atoms with Crippen LogP contribution in [-0.4, -0.2) is 26.9 Å². The van der Waals surface area contributed by atoms with Gasteiger partial charge in [-0.3, -0.25) is 4.57 Å². The van der Waals surface area contributed by atoms with Gasteiger partial charge >= 0.3 is 0 Å². The number of hydrogen-bond donors (Lipinski definition) is 2. The molecule has 5 rings (SSSR count). The van der Waals surface area contributed by atoms with Gasteiger partial charge in [0.2, 0.25) is 0 Å². The molecule has 1 aliphatic heterocycles. The quantitative estimate of drug-likeness (QED) is 0.490. The van der Waals surface area contributed by atoms with Crippen LogP contribution >= 0.6 is 0 Å². The van der Waals surface area contributed by atoms with Gasteiger partial charge in [-0.2, -0.15) is 0 Å². The van der Waals surface area contributed by atoms with E-state index in [0.717, 1.165) is 5.56 Å². The van der Waals surface area contributed by atoms with E-state index in [0.29, 0.717) is 45.2 Å². The average Bonchev–Trinajstić information content (AvgIpc) is 3.25. The first-order chi connectivity index (χ1) is 14.2. The second-order valence-electron chi connectivity index (χ2n) is 8.17. The number of halogens is 2. The van der Waals surface area contributed by atoms with Crippen LogP contribution in [0.25, 0.3) is 27.7 Å². The molecule has 3 heterocycles. The molecule has 0 spiro atoms. The van der Waals surface area contributed by atoms with E-state index in [2.05, 4.69) is 20.5 Å². The maximum atomic E-state index is 16.2. The highest BCUT2D eigenvalue weighted by Crippen LogP contribution is 2.46. The van der Waals surface area contributed by atoms with Crippen molar-refractivity contribution in [3.8, 4) is 22.6 Å². The number of hydrogen-bond acceptors (Lipinski definition) is 4. The van der Waals surface area contributed by atoms with Crippen LogP contribution in [0.4, 0.5) is 14.5 Å². The molecule has 0 radical (unpaired) electrons. The molecule has 1 aliphatic rings. The van der Waals surface area contributed by atoms with Crippen molar-refractivity contribution in [3.05, 3.63) is 53.2 Å². The third-order valence-electron chi connectivity index (χ3n) is 5.71. The molecule has 0 atom stereocenters. The van der Waals surface area contributed by atoms with Crippen molar-refractivity contribution < 1.29 is 13.5 Å². The molecule has 0 fully saturated rings. The smallest absolute Gasteiger partial charge is 0.162 e. The first-order valence-electron chi connectivity index (χ1n) is 9.62. The SMILES string of the molecule is COc1cc2c(c(F)c1-c1cc(F)cc3c(C)c[nH]c13)-n1c(C)nnc1C(C)(C)N2.